The van der Waals surface area contributed by atoms with Gasteiger partial charge in [-0.2, -0.15) is 0 Å². The van der Waals surface area contributed by atoms with Gasteiger partial charge in [-0.15, -0.1) is 0 Å². The van der Waals surface area contributed by atoms with Gasteiger partial charge in [-0.05, 0) is 55.8 Å². The zero-order valence-corrected chi connectivity index (χ0v) is 16.0. The molecule has 2 aromatic rings. The summed E-state index contributed by atoms with van der Waals surface area (Å²) in [6.45, 7) is 4.13. The molecule has 26 heavy (non-hydrogen) atoms. The number of nitrogens with one attached hydrogen (secondary N) is 1. The van der Waals surface area contributed by atoms with Gasteiger partial charge < -0.3 is 19.5 Å². The minimum absolute atomic E-state index is 0.165. The standard InChI is InChI=1S/C20H24ClNO4/c1-4-19(26-18-7-5-6-15(21)12-18)20(23)22-14(2)13-25-17-10-8-16(24-3)9-11-17/h5-12,14,19H,4,13H2,1-3H3,(H,22,23)/t14-,19+/m0/s1. The van der Waals surface area contributed by atoms with E-state index in [9.17, 15) is 4.79 Å². The number of benzene rings is 2. The van der Waals surface area contributed by atoms with Crippen LogP contribution in [0.1, 0.15) is 20.3 Å². The molecule has 1 N–H and O–H groups in total. The zero-order valence-electron chi connectivity index (χ0n) is 15.2. The fourth-order valence-corrected chi connectivity index (χ4v) is 2.48. The number of halogens is 1. The van der Waals surface area contributed by atoms with Crippen molar-refractivity contribution in [3.8, 4) is 17.2 Å². The molecule has 0 bridgehead atoms. The van der Waals surface area contributed by atoms with Crippen LogP contribution in [0.5, 0.6) is 17.2 Å². The molecule has 0 aliphatic carbocycles. The number of hydrogen-bond acceptors (Lipinski definition) is 4. The first kappa shape index (κ1) is 19.9. The maximum Gasteiger partial charge on any atom is 0.261 e. The molecular weight excluding hydrogens is 354 g/mol. The topological polar surface area (TPSA) is 56.8 Å². The van der Waals surface area contributed by atoms with E-state index in [-0.39, 0.29) is 11.9 Å². The number of carbonyl (C=O) groups is 1. The highest BCUT2D eigenvalue weighted by molar-refractivity contribution is 6.30. The summed E-state index contributed by atoms with van der Waals surface area (Å²) < 4.78 is 16.5. The van der Waals surface area contributed by atoms with Gasteiger partial charge in [0.1, 0.15) is 23.9 Å². The van der Waals surface area contributed by atoms with Gasteiger partial charge in [-0.1, -0.05) is 24.6 Å². The lowest BCUT2D eigenvalue weighted by molar-refractivity contribution is -0.128. The molecule has 0 unspecified atom stereocenters. The normalized spacial score (nSPS) is 12.8. The quantitative estimate of drug-likeness (QED) is 0.715. The van der Waals surface area contributed by atoms with Crippen LogP contribution in [0.25, 0.3) is 0 Å². The van der Waals surface area contributed by atoms with E-state index in [4.69, 9.17) is 25.8 Å². The molecule has 5 nitrogen and oxygen atoms in total. The second-order valence-electron chi connectivity index (χ2n) is 5.87. The Morgan fingerprint density at radius 1 is 1.12 bits per heavy atom. The summed E-state index contributed by atoms with van der Waals surface area (Å²) >= 11 is 5.95. The molecule has 2 aromatic carbocycles. The zero-order chi connectivity index (χ0) is 18.9. The maximum absolute atomic E-state index is 12.4. The molecule has 0 saturated heterocycles. The second kappa shape index (κ2) is 9.92. The molecule has 0 radical (unpaired) electrons. The van der Waals surface area contributed by atoms with Gasteiger partial charge in [0.05, 0.1) is 13.2 Å². The van der Waals surface area contributed by atoms with Crippen LogP contribution in [-0.4, -0.2) is 31.8 Å². The summed E-state index contributed by atoms with van der Waals surface area (Å²) in [6, 6.07) is 14.1. The molecule has 6 heteroatoms. The smallest absolute Gasteiger partial charge is 0.261 e. The summed E-state index contributed by atoms with van der Waals surface area (Å²) in [5.74, 6) is 1.87. The minimum atomic E-state index is -0.586. The van der Waals surface area contributed by atoms with Crippen molar-refractivity contribution in [3.63, 3.8) is 0 Å². The number of methoxy groups -OCH3 is 1. The second-order valence-corrected chi connectivity index (χ2v) is 6.30. The Hall–Kier alpha value is -2.40. The lowest BCUT2D eigenvalue weighted by atomic mass is 10.2. The van der Waals surface area contributed by atoms with Gasteiger partial charge >= 0.3 is 0 Å². The molecule has 0 saturated carbocycles. The van der Waals surface area contributed by atoms with Crippen molar-refractivity contribution in [1.29, 1.82) is 0 Å². The Bertz CT molecular complexity index is 705. The third kappa shape index (κ3) is 6.15. The largest absolute Gasteiger partial charge is 0.497 e. The molecule has 0 heterocycles. The summed E-state index contributed by atoms with van der Waals surface area (Å²) in [5.41, 5.74) is 0. The van der Waals surface area contributed by atoms with Gasteiger partial charge in [0.25, 0.3) is 5.91 Å². The van der Waals surface area contributed by atoms with E-state index in [0.29, 0.717) is 29.5 Å². The van der Waals surface area contributed by atoms with E-state index in [1.165, 1.54) is 0 Å². The number of rotatable bonds is 9. The molecule has 140 valence electrons. The van der Waals surface area contributed by atoms with Crippen molar-refractivity contribution in [3.05, 3.63) is 53.6 Å². The van der Waals surface area contributed by atoms with Crippen LogP contribution in [0.15, 0.2) is 48.5 Å². The van der Waals surface area contributed by atoms with Crippen LogP contribution in [0, 0.1) is 0 Å². The molecule has 1 amide bonds. The Morgan fingerprint density at radius 2 is 1.81 bits per heavy atom. The van der Waals surface area contributed by atoms with Crippen molar-refractivity contribution >= 4 is 17.5 Å². The fourth-order valence-electron chi connectivity index (χ4n) is 2.30. The van der Waals surface area contributed by atoms with Gasteiger partial charge in [-0.3, -0.25) is 4.79 Å². The van der Waals surface area contributed by atoms with Crippen molar-refractivity contribution in [2.45, 2.75) is 32.4 Å². The van der Waals surface area contributed by atoms with E-state index < -0.39 is 6.10 Å². The third-order valence-electron chi connectivity index (χ3n) is 3.69. The van der Waals surface area contributed by atoms with E-state index in [1.807, 2.05) is 38.1 Å². The number of amides is 1. The minimum Gasteiger partial charge on any atom is -0.497 e. The number of hydrogen-bond donors (Lipinski definition) is 1. The Balaban J connectivity index is 1.83. The predicted molar refractivity (Wildman–Crippen MR) is 102 cm³/mol. The van der Waals surface area contributed by atoms with Gasteiger partial charge in [-0.25, -0.2) is 0 Å². The predicted octanol–water partition coefficient (Wildman–Crippen LogP) is 4.09. The van der Waals surface area contributed by atoms with Crippen LogP contribution in [0.3, 0.4) is 0 Å². The van der Waals surface area contributed by atoms with E-state index in [1.54, 1.807) is 31.4 Å². The SMILES string of the molecule is CC[C@@H](Oc1cccc(Cl)c1)C(=O)N[C@@H](C)COc1ccc(OC)cc1. The van der Waals surface area contributed by atoms with E-state index >= 15 is 0 Å². The maximum atomic E-state index is 12.4. The molecule has 0 aromatic heterocycles. The van der Waals surface area contributed by atoms with Crippen molar-refractivity contribution < 1.29 is 19.0 Å². The summed E-state index contributed by atoms with van der Waals surface area (Å²) in [7, 11) is 1.61. The van der Waals surface area contributed by atoms with Crippen molar-refractivity contribution in [2.24, 2.45) is 0 Å². The number of carbonyl (C=O) groups excluding carboxylic acids is 1. The highest BCUT2D eigenvalue weighted by Crippen LogP contribution is 2.19. The average Bonchev–Trinajstić information content (AvgIpc) is 2.64. The summed E-state index contributed by atoms with van der Waals surface area (Å²) in [5, 5.41) is 3.48. The average molecular weight is 378 g/mol. The highest BCUT2D eigenvalue weighted by atomic mass is 35.5. The molecule has 0 spiro atoms. The molecular formula is C20H24ClNO4. The Labute approximate surface area is 159 Å². The summed E-state index contributed by atoms with van der Waals surface area (Å²) in [4.78, 5) is 12.4. The molecule has 0 fully saturated rings. The van der Waals surface area contributed by atoms with Crippen LogP contribution in [0.4, 0.5) is 0 Å². The molecule has 2 rings (SSSR count). The van der Waals surface area contributed by atoms with Crippen LogP contribution < -0.4 is 19.5 Å². The van der Waals surface area contributed by atoms with E-state index in [2.05, 4.69) is 5.32 Å². The first-order valence-electron chi connectivity index (χ1n) is 8.51. The Morgan fingerprint density at radius 3 is 2.42 bits per heavy atom. The first-order chi connectivity index (χ1) is 12.5. The van der Waals surface area contributed by atoms with Crippen LogP contribution in [0.2, 0.25) is 5.02 Å². The number of ether oxygens (including phenoxy) is 3. The Kier molecular flexibility index (Phi) is 7.60. The third-order valence-corrected chi connectivity index (χ3v) is 3.92. The summed E-state index contributed by atoms with van der Waals surface area (Å²) in [6.07, 6.45) is -0.0402. The van der Waals surface area contributed by atoms with E-state index in [0.717, 1.165) is 5.75 Å². The molecule has 2 atom stereocenters. The van der Waals surface area contributed by atoms with Crippen LogP contribution in [-0.2, 0) is 4.79 Å². The monoisotopic (exact) mass is 377 g/mol. The van der Waals surface area contributed by atoms with Crippen molar-refractivity contribution in [2.75, 3.05) is 13.7 Å². The molecule has 0 aliphatic rings. The van der Waals surface area contributed by atoms with Gasteiger partial charge in [0, 0.05) is 5.02 Å². The molecule has 0 aliphatic heterocycles. The van der Waals surface area contributed by atoms with Crippen molar-refractivity contribution in [1.82, 2.24) is 5.32 Å². The first-order valence-corrected chi connectivity index (χ1v) is 8.89. The highest BCUT2D eigenvalue weighted by Gasteiger charge is 2.20. The lowest BCUT2D eigenvalue weighted by Crippen LogP contribution is -2.44. The van der Waals surface area contributed by atoms with Gasteiger partial charge in [0.15, 0.2) is 6.10 Å². The lowest BCUT2D eigenvalue weighted by Gasteiger charge is -2.21. The van der Waals surface area contributed by atoms with Gasteiger partial charge in [0.2, 0.25) is 0 Å². The fraction of sp³-hybridized carbons (Fsp3) is 0.350. The van der Waals surface area contributed by atoms with Crippen LogP contribution >= 0.6 is 11.6 Å².